The number of thioether (sulfide) groups is 1. The summed E-state index contributed by atoms with van der Waals surface area (Å²) in [4.78, 5) is 13.1. The minimum Gasteiger partial charge on any atom is -0.283 e. The number of nitrogens with zero attached hydrogens (tertiary/aromatic N) is 6. The van der Waals surface area contributed by atoms with Crippen molar-refractivity contribution in [3.63, 3.8) is 0 Å². The second-order valence-corrected chi connectivity index (χ2v) is 7.58. The second kappa shape index (κ2) is 6.51. The first-order chi connectivity index (χ1) is 12.2. The van der Waals surface area contributed by atoms with Gasteiger partial charge < -0.3 is 0 Å². The van der Waals surface area contributed by atoms with Crippen molar-refractivity contribution in [3.8, 4) is 11.4 Å². The zero-order valence-corrected chi connectivity index (χ0v) is 15.1. The molecule has 4 rings (SSSR count). The minimum absolute atomic E-state index is 0.119. The molecule has 1 aromatic carbocycles. The Balaban J connectivity index is 1.80. The van der Waals surface area contributed by atoms with E-state index in [1.165, 1.54) is 25.7 Å². The molecule has 1 aliphatic rings. The minimum atomic E-state index is -0.119. The summed E-state index contributed by atoms with van der Waals surface area (Å²) in [5, 5.41) is 13.3. The van der Waals surface area contributed by atoms with Crippen molar-refractivity contribution < 1.29 is 0 Å². The molecule has 0 N–H and O–H groups in total. The Morgan fingerprint density at radius 1 is 1.16 bits per heavy atom. The average molecular weight is 356 g/mol. The van der Waals surface area contributed by atoms with Gasteiger partial charge in [-0.25, -0.2) is 4.68 Å². The molecule has 8 heteroatoms. The monoisotopic (exact) mass is 356 g/mol. The van der Waals surface area contributed by atoms with Crippen molar-refractivity contribution in [3.05, 3.63) is 46.4 Å². The highest BCUT2D eigenvalue weighted by atomic mass is 32.2. The summed E-state index contributed by atoms with van der Waals surface area (Å²) in [6.07, 6.45) is 4.87. The molecule has 0 bridgehead atoms. The Morgan fingerprint density at radius 3 is 2.60 bits per heavy atom. The third-order valence-corrected chi connectivity index (χ3v) is 6.02. The maximum atomic E-state index is 13.1. The number of rotatable bonds is 4. The van der Waals surface area contributed by atoms with E-state index in [-0.39, 0.29) is 5.56 Å². The fraction of sp³-hybridized carbons (Fsp3) is 0.412. The lowest BCUT2D eigenvalue weighted by molar-refractivity contribution is 0.630. The van der Waals surface area contributed by atoms with Crippen LogP contribution in [0.15, 0.2) is 40.3 Å². The Kier molecular flexibility index (Phi) is 4.20. The van der Waals surface area contributed by atoms with Crippen LogP contribution in [-0.2, 0) is 7.05 Å². The van der Waals surface area contributed by atoms with Gasteiger partial charge in [0.1, 0.15) is 0 Å². The van der Waals surface area contributed by atoms with E-state index < -0.39 is 0 Å². The summed E-state index contributed by atoms with van der Waals surface area (Å²) >= 11 is 1.68. The Hall–Kier alpha value is -2.35. The van der Waals surface area contributed by atoms with Crippen molar-refractivity contribution >= 4 is 11.8 Å². The van der Waals surface area contributed by atoms with E-state index in [0.717, 1.165) is 11.4 Å². The second-order valence-electron chi connectivity index (χ2n) is 6.31. The predicted octanol–water partition coefficient (Wildman–Crippen LogP) is 2.49. The summed E-state index contributed by atoms with van der Waals surface area (Å²) in [5.41, 5.74) is 2.04. The van der Waals surface area contributed by atoms with Gasteiger partial charge in [0, 0.05) is 12.3 Å². The van der Waals surface area contributed by atoms with Crippen LogP contribution in [0, 0.1) is 6.92 Å². The normalized spacial score (nSPS) is 15.1. The van der Waals surface area contributed by atoms with Crippen LogP contribution < -0.4 is 5.56 Å². The number of hydrogen-bond acceptors (Lipinski definition) is 5. The Bertz CT molecular complexity index is 936. The number of tetrazole rings is 1. The van der Waals surface area contributed by atoms with E-state index >= 15 is 0 Å². The van der Waals surface area contributed by atoms with E-state index in [0.29, 0.717) is 16.1 Å². The number of benzene rings is 1. The zero-order valence-electron chi connectivity index (χ0n) is 14.3. The van der Waals surface area contributed by atoms with Crippen molar-refractivity contribution in [1.29, 1.82) is 0 Å². The molecule has 0 unspecified atom stereocenters. The highest BCUT2D eigenvalue weighted by molar-refractivity contribution is 7.99. The first-order valence-electron chi connectivity index (χ1n) is 8.46. The summed E-state index contributed by atoms with van der Waals surface area (Å²) < 4.78 is 5.09. The first-order valence-corrected chi connectivity index (χ1v) is 9.34. The van der Waals surface area contributed by atoms with Crippen molar-refractivity contribution in [1.82, 2.24) is 29.6 Å². The molecule has 1 aliphatic carbocycles. The lowest BCUT2D eigenvalue weighted by atomic mass is 10.3. The number of aromatic nitrogens is 6. The molecule has 0 radical (unpaired) electrons. The smallest absolute Gasteiger partial charge is 0.283 e. The molecular weight excluding hydrogens is 336 g/mol. The highest BCUT2D eigenvalue weighted by Crippen LogP contribution is 2.34. The summed E-state index contributed by atoms with van der Waals surface area (Å²) in [6, 6.07) is 9.60. The number of para-hydroxylation sites is 1. The fourth-order valence-corrected chi connectivity index (χ4v) is 4.52. The molecule has 0 atom stereocenters. The van der Waals surface area contributed by atoms with E-state index in [1.54, 1.807) is 21.1 Å². The van der Waals surface area contributed by atoms with Crippen LogP contribution in [0.2, 0.25) is 0 Å². The highest BCUT2D eigenvalue weighted by Gasteiger charge is 2.24. The van der Waals surface area contributed by atoms with Gasteiger partial charge in [0.25, 0.3) is 5.56 Å². The van der Waals surface area contributed by atoms with Gasteiger partial charge in [0.05, 0.1) is 11.4 Å². The molecule has 2 aromatic heterocycles. The quantitative estimate of drug-likeness (QED) is 0.718. The molecule has 0 spiro atoms. The van der Waals surface area contributed by atoms with E-state index in [2.05, 4.69) is 15.5 Å². The average Bonchev–Trinajstić information content (AvgIpc) is 3.33. The van der Waals surface area contributed by atoms with Crippen LogP contribution in [0.5, 0.6) is 0 Å². The SMILES string of the molecule is Cc1c(-n2nnnc2SC2CCCC2)c(=O)n(-c2ccccc2)n1C. The van der Waals surface area contributed by atoms with E-state index in [9.17, 15) is 4.79 Å². The van der Waals surface area contributed by atoms with Gasteiger partial charge >= 0.3 is 0 Å². The Labute approximate surface area is 149 Å². The number of hydrogen-bond donors (Lipinski definition) is 0. The summed E-state index contributed by atoms with van der Waals surface area (Å²) in [5.74, 6) is 0. The van der Waals surface area contributed by atoms with Crippen LogP contribution in [0.3, 0.4) is 0 Å². The Morgan fingerprint density at radius 2 is 1.88 bits per heavy atom. The van der Waals surface area contributed by atoms with Gasteiger partial charge in [-0.3, -0.25) is 9.48 Å². The molecule has 2 heterocycles. The first kappa shape index (κ1) is 16.1. The van der Waals surface area contributed by atoms with Crippen molar-refractivity contribution in [2.75, 3.05) is 0 Å². The molecule has 1 saturated carbocycles. The predicted molar refractivity (Wildman–Crippen MR) is 96.6 cm³/mol. The van der Waals surface area contributed by atoms with Gasteiger partial charge in [-0.1, -0.05) is 42.8 Å². The standard InChI is InChI=1S/C17H20N6OS/c1-12-15(16(24)23(21(12)2)13-8-4-3-5-9-13)22-17(18-19-20-22)25-14-10-6-7-11-14/h3-5,8-9,14H,6-7,10-11H2,1-2H3. The lowest BCUT2D eigenvalue weighted by Gasteiger charge is -2.07. The lowest BCUT2D eigenvalue weighted by Crippen LogP contribution is -2.22. The summed E-state index contributed by atoms with van der Waals surface area (Å²) in [7, 11) is 1.88. The molecular formula is C17H20N6OS. The van der Waals surface area contributed by atoms with Crippen molar-refractivity contribution in [2.45, 2.75) is 43.0 Å². The molecule has 7 nitrogen and oxygen atoms in total. The van der Waals surface area contributed by atoms with E-state index in [1.807, 2.05) is 49.0 Å². The maximum absolute atomic E-state index is 13.1. The third-order valence-electron chi connectivity index (χ3n) is 4.75. The summed E-state index contributed by atoms with van der Waals surface area (Å²) in [6.45, 7) is 1.92. The largest absolute Gasteiger partial charge is 0.297 e. The topological polar surface area (TPSA) is 70.5 Å². The van der Waals surface area contributed by atoms with Gasteiger partial charge in [0.15, 0.2) is 5.69 Å². The van der Waals surface area contributed by atoms with Crippen LogP contribution in [0.4, 0.5) is 0 Å². The van der Waals surface area contributed by atoms with Crippen molar-refractivity contribution in [2.24, 2.45) is 7.05 Å². The van der Waals surface area contributed by atoms with Gasteiger partial charge in [0.2, 0.25) is 5.16 Å². The van der Waals surface area contributed by atoms with Crippen LogP contribution in [0.1, 0.15) is 31.4 Å². The molecule has 0 amide bonds. The fourth-order valence-electron chi connectivity index (χ4n) is 3.35. The molecule has 0 aliphatic heterocycles. The molecule has 3 aromatic rings. The van der Waals surface area contributed by atoms with Crippen LogP contribution >= 0.6 is 11.8 Å². The van der Waals surface area contributed by atoms with Gasteiger partial charge in [-0.15, -0.1) is 5.10 Å². The molecule has 1 fully saturated rings. The zero-order chi connectivity index (χ0) is 17.4. The van der Waals surface area contributed by atoms with Crippen LogP contribution in [-0.4, -0.2) is 34.8 Å². The van der Waals surface area contributed by atoms with Gasteiger partial charge in [-0.2, -0.15) is 4.68 Å². The molecule has 25 heavy (non-hydrogen) atoms. The molecule has 130 valence electrons. The third kappa shape index (κ3) is 2.80. The van der Waals surface area contributed by atoms with E-state index in [4.69, 9.17) is 0 Å². The molecule has 0 saturated heterocycles. The van der Waals surface area contributed by atoms with Crippen LogP contribution in [0.25, 0.3) is 11.4 Å². The maximum Gasteiger partial charge on any atom is 0.297 e. The van der Waals surface area contributed by atoms with Gasteiger partial charge in [-0.05, 0) is 42.3 Å².